The van der Waals surface area contributed by atoms with Crippen LogP contribution in [0.15, 0.2) is 47.6 Å². The molecule has 0 heterocycles. The van der Waals surface area contributed by atoms with E-state index < -0.39 is 5.97 Å². The fourth-order valence-corrected chi connectivity index (χ4v) is 2.99. The van der Waals surface area contributed by atoms with E-state index in [2.05, 4.69) is 17.5 Å². The molecule has 6 heteroatoms. The maximum Gasteiger partial charge on any atom is 0.335 e. The molecule has 2 rings (SSSR count). The Bertz CT molecular complexity index is 803. The Hall–Kier alpha value is -3.02. The Kier molecular flexibility index (Phi) is 10.3. The topological polar surface area (TPSA) is 80.2 Å². The van der Waals surface area contributed by atoms with Crippen molar-refractivity contribution in [2.24, 2.45) is 5.10 Å². The lowest BCUT2D eigenvalue weighted by molar-refractivity contribution is 0.0697. The standard InChI is InChI=1S/C24H32N2O4/c1-3-4-5-6-7-8-9-16-30-22-15-10-19(17-23(22)29-2)18-25-26-21-13-11-20(12-14-21)24(27)28/h10-15,17-18,26H,3-9,16H2,1-2H3,(H,27,28). The van der Waals surface area contributed by atoms with E-state index in [1.165, 1.54) is 50.7 Å². The molecule has 0 aliphatic carbocycles. The highest BCUT2D eigenvalue weighted by atomic mass is 16.5. The molecule has 0 bridgehead atoms. The van der Waals surface area contributed by atoms with Crippen molar-refractivity contribution in [3.05, 3.63) is 53.6 Å². The van der Waals surface area contributed by atoms with Crippen LogP contribution in [-0.2, 0) is 0 Å². The molecule has 162 valence electrons. The number of unbranched alkanes of at least 4 members (excludes halogenated alkanes) is 6. The summed E-state index contributed by atoms with van der Waals surface area (Å²) in [6.07, 6.45) is 10.4. The summed E-state index contributed by atoms with van der Waals surface area (Å²) in [5.41, 5.74) is 4.69. The Balaban J connectivity index is 1.80. The molecule has 0 aliphatic heterocycles. The van der Waals surface area contributed by atoms with Gasteiger partial charge in [0, 0.05) is 0 Å². The van der Waals surface area contributed by atoms with Gasteiger partial charge in [0.05, 0.1) is 31.2 Å². The van der Waals surface area contributed by atoms with Gasteiger partial charge in [-0.3, -0.25) is 5.43 Å². The van der Waals surface area contributed by atoms with Crippen LogP contribution in [0.4, 0.5) is 5.69 Å². The van der Waals surface area contributed by atoms with Crippen LogP contribution < -0.4 is 14.9 Å². The zero-order valence-corrected chi connectivity index (χ0v) is 17.9. The van der Waals surface area contributed by atoms with Crippen molar-refractivity contribution in [2.75, 3.05) is 19.1 Å². The number of nitrogens with zero attached hydrogens (tertiary/aromatic N) is 1. The Morgan fingerprint density at radius 2 is 1.70 bits per heavy atom. The van der Waals surface area contributed by atoms with Crippen molar-refractivity contribution in [1.29, 1.82) is 0 Å². The number of carboxylic acids is 1. The smallest absolute Gasteiger partial charge is 0.335 e. The molecule has 0 saturated carbocycles. The van der Waals surface area contributed by atoms with E-state index in [0.29, 0.717) is 18.0 Å². The van der Waals surface area contributed by atoms with Gasteiger partial charge in [0.2, 0.25) is 0 Å². The molecule has 0 saturated heterocycles. The minimum Gasteiger partial charge on any atom is -0.493 e. The zero-order valence-electron chi connectivity index (χ0n) is 17.9. The fraction of sp³-hybridized carbons (Fsp3) is 0.417. The minimum absolute atomic E-state index is 0.237. The summed E-state index contributed by atoms with van der Waals surface area (Å²) in [6, 6.07) is 12.1. The molecular formula is C24H32N2O4. The fourth-order valence-electron chi connectivity index (χ4n) is 2.99. The van der Waals surface area contributed by atoms with Gasteiger partial charge in [-0.15, -0.1) is 0 Å². The molecule has 0 amide bonds. The number of methoxy groups -OCH3 is 1. The quantitative estimate of drug-likeness (QED) is 0.227. The summed E-state index contributed by atoms with van der Waals surface area (Å²) in [7, 11) is 1.62. The first kappa shape index (κ1) is 23.3. The number of hydrazone groups is 1. The minimum atomic E-state index is -0.952. The van der Waals surface area contributed by atoms with Crippen LogP contribution in [0.2, 0.25) is 0 Å². The van der Waals surface area contributed by atoms with E-state index in [1.54, 1.807) is 25.5 Å². The molecule has 0 fully saturated rings. The molecule has 6 nitrogen and oxygen atoms in total. The number of carboxylic acid groups (broad SMARTS) is 1. The van der Waals surface area contributed by atoms with Crippen LogP contribution in [0.25, 0.3) is 0 Å². The van der Waals surface area contributed by atoms with E-state index in [9.17, 15) is 4.79 Å². The first-order valence-corrected chi connectivity index (χ1v) is 10.6. The summed E-state index contributed by atoms with van der Waals surface area (Å²) in [6.45, 7) is 2.92. The summed E-state index contributed by atoms with van der Waals surface area (Å²) in [5, 5.41) is 13.1. The van der Waals surface area contributed by atoms with Crippen LogP contribution in [0.1, 0.15) is 67.8 Å². The van der Waals surface area contributed by atoms with Crippen LogP contribution in [0.5, 0.6) is 11.5 Å². The summed E-state index contributed by atoms with van der Waals surface area (Å²) >= 11 is 0. The molecule has 2 aromatic carbocycles. The maximum atomic E-state index is 10.9. The third-order valence-electron chi connectivity index (χ3n) is 4.73. The van der Waals surface area contributed by atoms with Crippen molar-refractivity contribution in [1.82, 2.24) is 0 Å². The molecule has 0 spiro atoms. The Morgan fingerprint density at radius 3 is 2.37 bits per heavy atom. The van der Waals surface area contributed by atoms with Crippen LogP contribution in [0, 0.1) is 0 Å². The summed E-state index contributed by atoms with van der Waals surface area (Å²) in [4.78, 5) is 10.9. The van der Waals surface area contributed by atoms with Gasteiger partial charge in [0.15, 0.2) is 11.5 Å². The number of anilines is 1. The van der Waals surface area contributed by atoms with Gasteiger partial charge in [-0.05, 0) is 54.4 Å². The highest BCUT2D eigenvalue weighted by Crippen LogP contribution is 2.28. The van der Waals surface area contributed by atoms with Crippen molar-refractivity contribution >= 4 is 17.9 Å². The highest BCUT2D eigenvalue weighted by Gasteiger charge is 2.05. The second-order valence-corrected chi connectivity index (χ2v) is 7.13. The van der Waals surface area contributed by atoms with E-state index in [-0.39, 0.29) is 5.56 Å². The normalized spacial score (nSPS) is 10.9. The first-order chi connectivity index (χ1) is 14.6. The maximum absolute atomic E-state index is 10.9. The molecule has 0 radical (unpaired) electrons. The summed E-state index contributed by atoms with van der Waals surface area (Å²) in [5.74, 6) is 0.456. The molecule has 0 aliphatic rings. The third kappa shape index (κ3) is 8.15. The molecular weight excluding hydrogens is 380 g/mol. The average molecular weight is 413 g/mol. The van der Waals surface area contributed by atoms with E-state index in [0.717, 1.165) is 17.7 Å². The van der Waals surface area contributed by atoms with E-state index in [1.807, 2.05) is 18.2 Å². The number of hydrogen-bond acceptors (Lipinski definition) is 5. The van der Waals surface area contributed by atoms with Gasteiger partial charge < -0.3 is 14.6 Å². The lowest BCUT2D eigenvalue weighted by atomic mass is 10.1. The lowest BCUT2D eigenvalue weighted by Crippen LogP contribution is -2.00. The van der Waals surface area contributed by atoms with Crippen molar-refractivity contribution in [2.45, 2.75) is 51.9 Å². The van der Waals surface area contributed by atoms with Gasteiger partial charge in [0.25, 0.3) is 0 Å². The molecule has 0 unspecified atom stereocenters. The largest absolute Gasteiger partial charge is 0.493 e. The third-order valence-corrected chi connectivity index (χ3v) is 4.73. The van der Waals surface area contributed by atoms with Crippen molar-refractivity contribution < 1.29 is 19.4 Å². The number of nitrogens with one attached hydrogen (secondary N) is 1. The number of carbonyl (C=O) groups is 1. The number of benzene rings is 2. The second kappa shape index (κ2) is 13.2. The van der Waals surface area contributed by atoms with Gasteiger partial charge in [-0.2, -0.15) is 5.10 Å². The lowest BCUT2D eigenvalue weighted by Gasteiger charge is -2.11. The van der Waals surface area contributed by atoms with Gasteiger partial charge in [-0.1, -0.05) is 45.4 Å². The number of rotatable bonds is 14. The summed E-state index contributed by atoms with van der Waals surface area (Å²) < 4.78 is 11.3. The molecule has 0 atom stereocenters. The first-order valence-electron chi connectivity index (χ1n) is 10.6. The average Bonchev–Trinajstić information content (AvgIpc) is 2.76. The van der Waals surface area contributed by atoms with Gasteiger partial charge >= 0.3 is 5.97 Å². The predicted molar refractivity (Wildman–Crippen MR) is 121 cm³/mol. The van der Waals surface area contributed by atoms with Crippen LogP contribution in [0.3, 0.4) is 0 Å². The Morgan fingerprint density at radius 1 is 1.00 bits per heavy atom. The number of ether oxygens (including phenoxy) is 2. The second-order valence-electron chi connectivity index (χ2n) is 7.13. The SMILES string of the molecule is CCCCCCCCCOc1ccc(C=NNc2ccc(C(=O)O)cc2)cc1OC. The highest BCUT2D eigenvalue weighted by molar-refractivity contribution is 5.88. The van der Waals surface area contributed by atoms with Crippen LogP contribution in [-0.4, -0.2) is 31.0 Å². The molecule has 2 aromatic rings. The Labute approximate surface area is 178 Å². The zero-order chi connectivity index (χ0) is 21.6. The number of hydrogen-bond donors (Lipinski definition) is 2. The van der Waals surface area contributed by atoms with Gasteiger partial charge in [-0.25, -0.2) is 4.79 Å². The molecule has 0 aromatic heterocycles. The van der Waals surface area contributed by atoms with E-state index in [4.69, 9.17) is 14.6 Å². The number of aromatic carboxylic acids is 1. The van der Waals surface area contributed by atoms with Gasteiger partial charge in [0.1, 0.15) is 0 Å². The van der Waals surface area contributed by atoms with E-state index >= 15 is 0 Å². The van der Waals surface area contributed by atoms with Crippen molar-refractivity contribution in [3.8, 4) is 11.5 Å². The predicted octanol–water partition coefficient (Wildman–Crippen LogP) is 5.97. The molecule has 30 heavy (non-hydrogen) atoms. The monoisotopic (exact) mass is 412 g/mol. The molecule has 2 N–H and O–H groups in total. The van der Waals surface area contributed by atoms with Crippen molar-refractivity contribution in [3.63, 3.8) is 0 Å². The van der Waals surface area contributed by atoms with Crippen LogP contribution >= 0.6 is 0 Å².